The average Bonchev–Trinajstić information content (AvgIpc) is 2.77. The van der Waals surface area contributed by atoms with Crippen molar-refractivity contribution in [2.75, 3.05) is 5.32 Å². The number of carbonyl (C=O) groups is 2. The van der Waals surface area contributed by atoms with Crippen molar-refractivity contribution < 1.29 is 14.3 Å². The fourth-order valence-corrected chi connectivity index (χ4v) is 2.67. The molecule has 0 radical (unpaired) electrons. The van der Waals surface area contributed by atoms with Crippen molar-refractivity contribution in [3.8, 4) is 5.75 Å². The van der Waals surface area contributed by atoms with Crippen molar-refractivity contribution in [1.82, 2.24) is 0 Å². The molecule has 4 nitrogen and oxygen atoms in total. The molecular weight excluding hydrogens is 370 g/mol. The van der Waals surface area contributed by atoms with Gasteiger partial charge in [-0.25, -0.2) is 0 Å². The monoisotopic (exact) mass is 383 g/mol. The van der Waals surface area contributed by atoms with E-state index in [0.29, 0.717) is 22.6 Å². The topological polar surface area (TPSA) is 55.4 Å². The van der Waals surface area contributed by atoms with E-state index in [-0.39, 0.29) is 11.7 Å². The van der Waals surface area contributed by atoms with Crippen LogP contribution in [0.1, 0.15) is 22.8 Å². The van der Waals surface area contributed by atoms with E-state index < -0.39 is 0 Å². The quantitative estimate of drug-likeness (QED) is 0.789. The Bertz CT molecular complexity index is 884. The molecule has 1 N–H and O–H groups in total. The van der Waals surface area contributed by atoms with Crippen LogP contribution in [0.5, 0.6) is 5.75 Å². The third-order valence-corrected chi connectivity index (χ3v) is 4.01. The van der Waals surface area contributed by atoms with Gasteiger partial charge in [-0.05, 0) is 49.4 Å². The van der Waals surface area contributed by atoms with Crippen molar-refractivity contribution >= 4 is 39.4 Å². The van der Waals surface area contributed by atoms with Gasteiger partial charge in [-0.15, -0.1) is 0 Å². The average molecular weight is 384 g/mol. The molecule has 0 bridgehead atoms. The van der Waals surface area contributed by atoms with Gasteiger partial charge in [0.2, 0.25) is 0 Å². The molecular formula is C19H14BrNO3. The summed E-state index contributed by atoms with van der Waals surface area (Å²) in [6.07, 6.45) is 4.85. The van der Waals surface area contributed by atoms with Crippen LogP contribution in [-0.4, -0.2) is 11.7 Å². The number of nitrogens with one attached hydrogen (secondary N) is 1. The largest absolute Gasteiger partial charge is 0.464 e. The Hall–Kier alpha value is -2.66. The van der Waals surface area contributed by atoms with Crippen LogP contribution < -0.4 is 10.1 Å². The molecule has 0 saturated heterocycles. The standard InChI is InChI=1S/C19H14BrNO3/c1-12(22)13-3-2-4-17(11-13)21-19(23)14-7-8-24-18-6-5-16(20)10-15(18)9-14/h2-11H,1H3,(H,21,23). The van der Waals surface area contributed by atoms with Crippen LogP contribution in [0, 0.1) is 0 Å². The minimum Gasteiger partial charge on any atom is -0.464 e. The number of carbonyl (C=O) groups excluding carboxylic acids is 2. The van der Waals surface area contributed by atoms with E-state index in [1.165, 1.54) is 13.2 Å². The molecule has 5 heteroatoms. The molecule has 0 unspecified atom stereocenters. The summed E-state index contributed by atoms with van der Waals surface area (Å²) in [6, 6.07) is 12.4. The molecule has 120 valence electrons. The Morgan fingerprint density at radius 2 is 1.96 bits per heavy atom. The van der Waals surface area contributed by atoms with E-state index in [2.05, 4.69) is 21.2 Å². The van der Waals surface area contributed by atoms with Crippen molar-refractivity contribution in [2.24, 2.45) is 0 Å². The van der Waals surface area contributed by atoms with Gasteiger partial charge < -0.3 is 10.1 Å². The van der Waals surface area contributed by atoms with E-state index in [9.17, 15) is 9.59 Å². The highest BCUT2D eigenvalue weighted by Crippen LogP contribution is 2.28. The number of rotatable bonds is 3. The lowest BCUT2D eigenvalue weighted by Crippen LogP contribution is -2.13. The highest BCUT2D eigenvalue weighted by molar-refractivity contribution is 9.10. The second kappa shape index (κ2) is 6.84. The molecule has 1 heterocycles. The molecule has 24 heavy (non-hydrogen) atoms. The lowest BCUT2D eigenvalue weighted by Gasteiger charge is -2.07. The molecule has 0 spiro atoms. The Labute approximate surface area is 148 Å². The van der Waals surface area contributed by atoms with Gasteiger partial charge in [-0.2, -0.15) is 0 Å². The predicted octanol–water partition coefficient (Wildman–Crippen LogP) is 4.58. The van der Waals surface area contributed by atoms with E-state index in [1.807, 2.05) is 18.2 Å². The Morgan fingerprint density at radius 1 is 1.12 bits per heavy atom. The number of amides is 1. The van der Waals surface area contributed by atoms with Crippen molar-refractivity contribution in [3.05, 3.63) is 76.0 Å². The first-order valence-corrected chi connectivity index (χ1v) is 8.09. The Morgan fingerprint density at radius 3 is 2.75 bits per heavy atom. The van der Waals surface area contributed by atoms with E-state index >= 15 is 0 Å². The minimum absolute atomic E-state index is 0.0492. The number of Topliss-reactive ketones (excluding diaryl/α,β-unsaturated/α-hetero) is 1. The maximum atomic E-state index is 12.5. The minimum atomic E-state index is -0.275. The van der Waals surface area contributed by atoms with Gasteiger partial charge in [0, 0.05) is 26.9 Å². The van der Waals surface area contributed by atoms with Crippen LogP contribution in [0.3, 0.4) is 0 Å². The summed E-state index contributed by atoms with van der Waals surface area (Å²) < 4.78 is 6.41. The fraction of sp³-hybridized carbons (Fsp3) is 0.0526. The smallest absolute Gasteiger partial charge is 0.255 e. The third kappa shape index (κ3) is 3.63. The zero-order valence-corrected chi connectivity index (χ0v) is 14.5. The number of hydrogen-bond acceptors (Lipinski definition) is 3. The molecule has 1 amide bonds. The molecule has 0 aliphatic carbocycles. The van der Waals surface area contributed by atoms with Crippen LogP contribution in [0.2, 0.25) is 0 Å². The number of halogens is 1. The maximum Gasteiger partial charge on any atom is 0.255 e. The Kier molecular flexibility index (Phi) is 4.62. The second-order valence-electron chi connectivity index (χ2n) is 5.29. The van der Waals surface area contributed by atoms with Crippen molar-refractivity contribution in [2.45, 2.75) is 6.92 Å². The summed E-state index contributed by atoms with van der Waals surface area (Å²) in [6.45, 7) is 1.49. The fourth-order valence-electron chi connectivity index (χ4n) is 2.30. The zero-order chi connectivity index (χ0) is 17.1. The first-order chi connectivity index (χ1) is 11.5. The van der Waals surface area contributed by atoms with Gasteiger partial charge in [0.25, 0.3) is 5.91 Å². The van der Waals surface area contributed by atoms with Gasteiger partial charge in [0.05, 0.1) is 6.26 Å². The molecule has 2 aromatic carbocycles. The molecule has 0 fully saturated rings. The van der Waals surface area contributed by atoms with Crippen LogP contribution in [-0.2, 0) is 4.79 Å². The number of ketones is 1. The summed E-state index contributed by atoms with van der Waals surface area (Å²) in [7, 11) is 0. The van der Waals surface area contributed by atoms with E-state index in [4.69, 9.17) is 4.74 Å². The van der Waals surface area contributed by atoms with Crippen LogP contribution in [0.25, 0.3) is 6.08 Å². The first-order valence-electron chi connectivity index (χ1n) is 7.30. The van der Waals surface area contributed by atoms with Gasteiger partial charge in [0.1, 0.15) is 5.75 Å². The summed E-state index contributed by atoms with van der Waals surface area (Å²) in [4.78, 5) is 24.0. The highest BCUT2D eigenvalue weighted by atomic mass is 79.9. The lowest BCUT2D eigenvalue weighted by atomic mass is 10.1. The number of benzene rings is 2. The van der Waals surface area contributed by atoms with Crippen molar-refractivity contribution in [1.29, 1.82) is 0 Å². The van der Waals surface area contributed by atoms with Crippen LogP contribution in [0.4, 0.5) is 5.69 Å². The molecule has 1 aliphatic heterocycles. The summed E-state index contributed by atoms with van der Waals surface area (Å²) >= 11 is 3.41. The van der Waals surface area contributed by atoms with Crippen LogP contribution >= 0.6 is 15.9 Å². The third-order valence-electron chi connectivity index (χ3n) is 3.51. The number of ether oxygens (including phenoxy) is 1. The molecule has 0 aromatic heterocycles. The molecule has 0 saturated carbocycles. The van der Waals surface area contributed by atoms with Crippen LogP contribution in [0.15, 0.2) is 64.8 Å². The summed E-state index contributed by atoms with van der Waals surface area (Å²) in [5, 5.41) is 2.80. The lowest BCUT2D eigenvalue weighted by molar-refractivity contribution is -0.112. The summed E-state index contributed by atoms with van der Waals surface area (Å²) in [5.74, 6) is 0.353. The molecule has 2 aromatic rings. The number of anilines is 1. The molecule has 1 aliphatic rings. The van der Waals surface area contributed by atoms with Gasteiger partial charge in [-0.3, -0.25) is 9.59 Å². The predicted molar refractivity (Wildman–Crippen MR) is 97.0 cm³/mol. The van der Waals surface area contributed by atoms with Crippen molar-refractivity contribution in [3.63, 3.8) is 0 Å². The molecule has 0 atom stereocenters. The normalized spacial score (nSPS) is 12.5. The Balaban J connectivity index is 1.87. The highest BCUT2D eigenvalue weighted by Gasteiger charge is 2.13. The first kappa shape index (κ1) is 16.2. The molecule has 3 rings (SSSR count). The van der Waals surface area contributed by atoms with Gasteiger partial charge >= 0.3 is 0 Å². The number of hydrogen-bond donors (Lipinski definition) is 1. The summed E-state index contributed by atoms with van der Waals surface area (Å²) in [5.41, 5.74) is 2.38. The van der Waals surface area contributed by atoms with E-state index in [0.717, 1.165) is 10.0 Å². The second-order valence-corrected chi connectivity index (χ2v) is 6.21. The zero-order valence-electron chi connectivity index (χ0n) is 12.9. The SMILES string of the molecule is CC(=O)c1cccc(NC(=O)C2=Cc3cc(Br)ccc3OC=C2)c1. The number of fused-ring (bicyclic) bond motifs is 1. The van der Waals surface area contributed by atoms with Gasteiger partial charge in [0.15, 0.2) is 5.78 Å². The van der Waals surface area contributed by atoms with E-state index in [1.54, 1.807) is 36.4 Å². The van der Waals surface area contributed by atoms with Gasteiger partial charge in [-0.1, -0.05) is 28.1 Å². The maximum absolute atomic E-state index is 12.5.